The summed E-state index contributed by atoms with van der Waals surface area (Å²) in [7, 11) is 0. The van der Waals surface area contributed by atoms with E-state index in [1.807, 2.05) is 36.4 Å². The Morgan fingerprint density at radius 3 is 1.31 bits per heavy atom. The maximum absolute atomic E-state index is 11.5. The van der Waals surface area contributed by atoms with Crippen LogP contribution in [-0.4, -0.2) is 20.4 Å². The van der Waals surface area contributed by atoms with Crippen molar-refractivity contribution in [2.24, 2.45) is 0 Å². The lowest BCUT2D eigenvalue weighted by Crippen LogP contribution is -1.94. The lowest BCUT2D eigenvalue weighted by Gasteiger charge is -2.21. The fourth-order valence-electron chi connectivity index (χ4n) is 9.36. The smallest absolute Gasteiger partial charge is 0.204 e. The largest absolute Gasteiger partial charge is 0.504 e. The fraction of sp³-hybridized carbons (Fsp3) is 0.0182. The zero-order valence-electron chi connectivity index (χ0n) is 32.0. The summed E-state index contributed by atoms with van der Waals surface area (Å²) in [5, 5.41) is 57.0. The lowest BCUT2D eigenvalue weighted by atomic mass is 9.83. The molecule has 4 heteroatoms. The quantitative estimate of drug-likeness (QED) is 0.0623. The zero-order chi connectivity index (χ0) is 39.9. The second kappa shape index (κ2) is 13.1. The van der Waals surface area contributed by atoms with Gasteiger partial charge in [0.15, 0.2) is 11.5 Å². The van der Waals surface area contributed by atoms with E-state index in [9.17, 15) is 20.4 Å². The highest BCUT2D eigenvalue weighted by Crippen LogP contribution is 2.55. The maximum Gasteiger partial charge on any atom is 0.204 e. The van der Waals surface area contributed by atoms with E-state index in [0.717, 1.165) is 65.7 Å². The van der Waals surface area contributed by atoms with Crippen LogP contribution >= 0.6 is 0 Å². The Morgan fingerprint density at radius 1 is 0.254 bits per heavy atom. The van der Waals surface area contributed by atoms with Crippen LogP contribution in [0.3, 0.4) is 0 Å². The van der Waals surface area contributed by atoms with Gasteiger partial charge in [0.05, 0.1) is 0 Å². The minimum Gasteiger partial charge on any atom is -0.504 e. The SMILES string of the molecule is Cc1c(O)c(O)c(O)c(O)c1-c1c2ccccc2c(-c2ccc3cc(-c4ccc5c6ccccc6c6ccccc6c5c4)ccc3c2)c2ccc(-c3ccccc3)cc12. The van der Waals surface area contributed by atoms with E-state index < -0.39 is 23.0 Å². The Bertz CT molecular complexity index is 3490. The van der Waals surface area contributed by atoms with Crippen LogP contribution in [0.4, 0.5) is 0 Å². The molecule has 11 aromatic rings. The van der Waals surface area contributed by atoms with Crippen LogP contribution in [0.2, 0.25) is 0 Å². The van der Waals surface area contributed by atoms with Gasteiger partial charge < -0.3 is 20.4 Å². The number of phenols is 4. The topological polar surface area (TPSA) is 80.9 Å². The molecule has 0 unspecified atom stereocenters. The Balaban J connectivity index is 1.11. The van der Waals surface area contributed by atoms with Crippen LogP contribution < -0.4 is 0 Å². The van der Waals surface area contributed by atoms with Crippen molar-refractivity contribution >= 4 is 64.6 Å². The summed E-state index contributed by atoms with van der Waals surface area (Å²) in [5.41, 5.74) is 7.55. The van der Waals surface area contributed by atoms with Crippen LogP contribution in [0.5, 0.6) is 23.0 Å². The van der Waals surface area contributed by atoms with Gasteiger partial charge in [0, 0.05) is 16.7 Å². The first-order chi connectivity index (χ1) is 28.9. The normalized spacial score (nSPS) is 11.7. The summed E-state index contributed by atoms with van der Waals surface area (Å²) < 4.78 is 0. The average Bonchev–Trinajstić information content (AvgIpc) is 3.29. The van der Waals surface area contributed by atoms with E-state index in [-0.39, 0.29) is 11.1 Å². The maximum atomic E-state index is 11.5. The molecule has 11 aromatic carbocycles. The van der Waals surface area contributed by atoms with Crippen LogP contribution in [0.25, 0.3) is 109 Å². The van der Waals surface area contributed by atoms with Crippen molar-refractivity contribution in [2.45, 2.75) is 6.92 Å². The number of hydrogen-bond donors (Lipinski definition) is 4. The van der Waals surface area contributed by atoms with E-state index in [4.69, 9.17) is 0 Å². The Hall–Kier alpha value is -7.82. The molecule has 0 aliphatic rings. The molecule has 0 aromatic heterocycles. The number of fused-ring (bicyclic) bond motifs is 9. The van der Waals surface area contributed by atoms with Gasteiger partial charge in [-0.15, -0.1) is 0 Å². The number of phenolic OH excluding ortho intramolecular Hbond substituents is 4. The van der Waals surface area contributed by atoms with Gasteiger partial charge in [-0.2, -0.15) is 0 Å². The van der Waals surface area contributed by atoms with E-state index >= 15 is 0 Å². The monoisotopic (exact) mass is 760 g/mol. The Kier molecular flexibility index (Phi) is 7.66. The van der Waals surface area contributed by atoms with Crippen molar-refractivity contribution in [3.8, 4) is 67.5 Å². The minimum absolute atomic E-state index is 0.261. The summed E-state index contributed by atoms with van der Waals surface area (Å²) in [6.45, 7) is 1.64. The van der Waals surface area contributed by atoms with E-state index in [0.29, 0.717) is 5.56 Å². The molecule has 0 saturated carbocycles. The molecule has 0 atom stereocenters. The molecule has 0 aliphatic carbocycles. The van der Waals surface area contributed by atoms with Crippen molar-refractivity contribution in [3.05, 3.63) is 181 Å². The average molecular weight is 761 g/mol. The third-order valence-corrected chi connectivity index (χ3v) is 12.2. The second-order valence-corrected chi connectivity index (χ2v) is 15.4. The zero-order valence-corrected chi connectivity index (χ0v) is 32.0. The number of rotatable bonds is 4. The van der Waals surface area contributed by atoms with Gasteiger partial charge in [-0.25, -0.2) is 0 Å². The predicted molar refractivity (Wildman–Crippen MR) is 245 cm³/mol. The summed E-state index contributed by atoms with van der Waals surface area (Å²) >= 11 is 0. The van der Waals surface area contributed by atoms with Crippen molar-refractivity contribution < 1.29 is 20.4 Å². The number of aromatic hydroxyl groups is 4. The molecule has 0 spiro atoms. The van der Waals surface area contributed by atoms with Crippen molar-refractivity contribution in [2.75, 3.05) is 0 Å². The van der Waals surface area contributed by atoms with Gasteiger partial charge in [-0.05, 0) is 129 Å². The van der Waals surface area contributed by atoms with Crippen LogP contribution in [0.1, 0.15) is 5.56 Å². The molecule has 0 aliphatic heterocycles. The van der Waals surface area contributed by atoms with Gasteiger partial charge in [0.25, 0.3) is 0 Å². The highest BCUT2D eigenvalue weighted by molar-refractivity contribution is 6.26. The summed E-state index contributed by atoms with van der Waals surface area (Å²) in [5.74, 6) is -2.48. The first-order valence-electron chi connectivity index (χ1n) is 19.7. The number of hydrogen-bond acceptors (Lipinski definition) is 4. The molecular weight excluding hydrogens is 725 g/mol. The predicted octanol–water partition coefficient (Wildman–Crippen LogP) is 14.4. The van der Waals surface area contributed by atoms with Crippen LogP contribution in [-0.2, 0) is 0 Å². The molecule has 0 fully saturated rings. The Morgan fingerprint density at radius 2 is 0.661 bits per heavy atom. The van der Waals surface area contributed by atoms with Crippen LogP contribution in [0, 0.1) is 6.92 Å². The van der Waals surface area contributed by atoms with Gasteiger partial charge in [-0.1, -0.05) is 152 Å². The second-order valence-electron chi connectivity index (χ2n) is 15.4. The summed E-state index contributed by atoms with van der Waals surface area (Å²) in [4.78, 5) is 0. The lowest BCUT2D eigenvalue weighted by molar-refractivity contribution is 0.345. The van der Waals surface area contributed by atoms with E-state index in [1.165, 1.54) is 32.3 Å². The van der Waals surface area contributed by atoms with Gasteiger partial charge >= 0.3 is 0 Å². The van der Waals surface area contributed by atoms with Gasteiger partial charge in [0.2, 0.25) is 11.5 Å². The van der Waals surface area contributed by atoms with Crippen LogP contribution in [0.15, 0.2) is 176 Å². The van der Waals surface area contributed by atoms with E-state index in [2.05, 4.69) is 140 Å². The van der Waals surface area contributed by atoms with Gasteiger partial charge in [-0.3, -0.25) is 0 Å². The highest BCUT2D eigenvalue weighted by Gasteiger charge is 2.26. The van der Waals surface area contributed by atoms with Crippen molar-refractivity contribution in [1.82, 2.24) is 0 Å². The molecule has 0 radical (unpaired) electrons. The molecule has 11 rings (SSSR count). The van der Waals surface area contributed by atoms with Crippen molar-refractivity contribution in [3.63, 3.8) is 0 Å². The first kappa shape index (κ1) is 34.4. The molecule has 0 heterocycles. The third kappa shape index (κ3) is 5.23. The molecule has 0 amide bonds. The molecule has 4 N–H and O–H groups in total. The summed E-state index contributed by atoms with van der Waals surface area (Å²) in [6.07, 6.45) is 0. The summed E-state index contributed by atoms with van der Waals surface area (Å²) in [6, 6.07) is 61.9. The molecular formula is C55H36O4. The van der Waals surface area contributed by atoms with Gasteiger partial charge in [0.1, 0.15) is 0 Å². The minimum atomic E-state index is -0.761. The third-order valence-electron chi connectivity index (χ3n) is 12.2. The van der Waals surface area contributed by atoms with Crippen molar-refractivity contribution in [1.29, 1.82) is 0 Å². The highest BCUT2D eigenvalue weighted by atomic mass is 16.3. The standard InChI is InChI=1S/C55H36O4/c1-31-49(53(57)55(59)54(58)52(31)56)51-45-18-10-9-17-44(45)50(46-26-24-36(30-48(46)51)32-11-3-2-4-12-32)38-22-21-33-27-34(19-20-35(33)28-38)37-23-25-43-41-15-6-5-13-39(41)40-14-7-8-16-42(40)47(43)29-37/h2-30,56-59H,1H3. The van der Waals surface area contributed by atoms with E-state index in [1.54, 1.807) is 6.92 Å². The Labute approximate surface area is 339 Å². The molecule has 4 nitrogen and oxygen atoms in total. The molecule has 0 bridgehead atoms. The molecule has 0 saturated heterocycles. The number of benzene rings is 11. The molecule has 59 heavy (non-hydrogen) atoms. The fourth-order valence-corrected chi connectivity index (χ4v) is 9.36. The molecule has 280 valence electrons. The first-order valence-corrected chi connectivity index (χ1v) is 19.7.